The second kappa shape index (κ2) is 11.6. The minimum Gasteiger partial charge on any atom is -0.381 e. The van der Waals surface area contributed by atoms with Crippen molar-refractivity contribution in [1.29, 1.82) is 0 Å². The Morgan fingerprint density at radius 3 is 2.00 bits per heavy atom. The molecule has 0 atom stereocenters. The molecular formula is C18H30O4S. The Morgan fingerprint density at radius 2 is 1.39 bits per heavy atom. The average molecular weight is 343 g/mol. The fourth-order valence-electron chi connectivity index (χ4n) is 2.16. The highest BCUT2D eigenvalue weighted by Gasteiger charge is 2.14. The summed E-state index contributed by atoms with van der Waals surface area (Å²) in [6.07, 6.45) is 7.47. The van der Waals surface area contributed by atoms with Crippen molar-refractivity contribution in [3.8, 4) is 0 Å². The van der Waals surface area contributed by atoms with E-state index in [2.05, 4.69) is 6.92 Å². The molecule has 23 heavy (non-hydrogen) atoms. The van der Waals surface area contributed by atoms with Gasteiger partial charge in [-0.25, -0.2) is 0 Å². The second-order valence-corrected chi connectivity index (χ2v) is 7.44. The summed E-state index contributed by atoms with van der Waals surface area (Å²) in [5.41, 5.74) is 1.03. The van der Waals surface area contributed by atoms with Crippen LogP contribution >= 0.6 is 0 Å². The predicted octanol–water partition coefficient (Wildman–Crippen LogP) is 4.47. The molecule has 0 aliphatic rings. The van der Waals surface area contributed by atoms with Gasteiger partial charge < -0.3 is 4.74 Å². The fraction of sp³-hybridized carbons (Fsp3) is 0.667. The standard InChI is InChI=1S/C18H30O4S/c1-3-4-5-7-14-21-15-8-6-9-16-22-23(19,20)18-12-10-17(2)11-13-18/h10-13H,3-9,14-16H2,1-2H3. The van der Waals surface area contributed by atoms with Crippen LogP contribution in [0.2, 0.25) is 0 Å². The largest absolute Gasteiger partial charge is 0.381 e. The van der Waals surface area contributed by atoms with Crippen LogP contribution in [-0.4, -0.2) is 28.2 Å². The summed E-state index contributed by atoms with van der Waals surface area (Å²) < 4.78 is 34.5. The molecule has 132 valence electrons. The van der Waals surface area contributed by atoms with Gasteiger partial charge in [-0.05, 0) is 44.7 Å². The Balaban J connectivity index is 2.05. The van der Waals surface area contributed by atoms with Crippen molar-refractivity contribution in [3.63, 3.8) is 0 Å². The van der Waals surface area contributed by atoms with Crippen LogP contribution in [0.15, 0.2) is 29.2 Å². The number of aryl methyl sites for hydroxylation is 1. The summed E-state index contributed by atoms with van der Waals surface area (Å²) in [6.45, 7) is 5.92. The van der Waals surface area contributed by atoms with E-state index in [4.69, 9.17) is 8.92 Å². The zero-order valence-corrected chi connectivity index (χ0v) is 15.2. The molecule has 4 nitrogen and oxygen atoms in total. The molecule has 0 heterocycles. The number of rotatable bonds is 13. The lowest BCUT2D eigenvalue weighted by atomic mass is 10.2. The molecule has 1 aromatic rings. The van der Waals surface area contributed by atoms with Crippen LogP contribution < -0.4 is 0 Å². The minimum absolute atomic E-state index is 0.221. The Morgan fingerprint density at radius 1 is 0.826 bits per heavy atom. The molecule has 0 saturated heterocycles. The summed E-state index contributed by atoms with van der Waals surface area (Å²) in [5, 5.41) is 0. The highest BCUT2D eigenvalue weighted by atomic mass is 32.2. The van der Waals surface area contributed by atoms with Crippen molar-refractivity contribution in [1.82, 2.24) is 0 Å². The van der Waals surface area contributed by atoms with Gasteiger partial charge in [-0.1, -0.05) is 43.9 Å². The van der Waals surface area contributed by atoms with E-state index in [-0.39, 0.29) is 11.5 Å². The summed E-state index contributed by atoms with van der Waals surface area (Å²) in [4.78, 5) is 0.221. The van der Waals surface area contributed by atoms with Crippen molar-refractivity contribution in [3.05, 3.63) is 29.8 Å². The zero-order valence-electron chi connectivity index (χ0n) is 14.4. The van der Waals surface area contributed by atoms with Gasteiger partial charge in [-0.3, -0.25) is 4.18 Å². The normalized spacial score (nSPS) is 11.7. The number of benzene rings is 1. The molecule has 0 N–H and O–H groups in total. The van der Waals surface area contributed by atoms with Crippen molar-refractivity contribution < 1.29 is 17.3 Å². The maximum Gasteiger partial charge on any atom is 0.296 e. The third kappa shape index (κ3) is 9.08. The maximum atomic E-state index is 12.0. The molecule has 1 rings (SSSR count). The monoisotopic (exact) mass is 342 g/mol. The summed E-state index contributed by atoms with van der Waals surface area (Å²) in [6, 6.07) is 6.70. The molecule has 0 amide bonds. The zero-order chi connectivity index (χ0) is 17.0. The van der Waals surface area contributed by atoms with Crippen molar-refractivity contribution in [2.24, 2.45) is 0 Å². The van der Waals surface area contributed by atoms with E-state index >= 15 is 0 Å². The van der Waals surface area contributed by atoms with Crippen LogP contribution in [0.1, 0.15) is 57.4 Å². The van der Waals surface area contributed by atoms with Gasteiger partial charge in [0.05, 0.1) is 11.5 Å². The van der Waals surface area contributed by atoms with Gasteiger partial charge in [-0.15, -0.1) is 0 Å². The van der Waals surface area contributed by atoms with Crippen LogP contribution in [0.25, 0.3) is 0 Å². The van der Waals surface area contributed by atoms with Gasteiger partial charge in [0.2, 0.25) is 0 Å². The first-order valence-corrected chi connectivity index (χ1v) is 10.0. The molecule has 0 aliphatic heterocycles. The van der Waals surface area contributed by atoms with Crippen molar-refractivity contribution in [2.75, 3.05) is 19.8 Å². The quantitative estimate of drug-likeness (QED) is 0.392. The third-order valence-corrected chi connectivity index (χ3v) is 4.95. The lowest BCUT2D eigenvalue weighted by Crippen LogP contribution is -2.08. The molecule has 0 fully saturated rings. The van der Waals surface area contributed by atoms with Gasteiger partial charge >= 0.3 is 0 Å². The van der Waals surface area contributed by atoms with Gasteiger partial charge in [0.1, 0.15) is 0 Å². The van der Waals surface area contributed by atoms with Crippen molar-refractivity contribution in [2.45, 2.75) is 63.7 Å². The molecule has 1 aromatic carbocycles. The van der Waals surface area contributed by atoms with Crippen LogP contribution in [0, 0.1) is 6.92 Å². The highest BCUT2D eigenvalue weighted by Crippen LogP contribution is 2.13. The minimum atomic E-state index is -3.62. The van der Waals surface area contributed by atoms with Gasteiger partial charge in [0.25, 0.3) is 10.1 Å². The topological polar surface area (TPSA) is 52.6 Å². The molecule has 0 bridgehead atoms. The SMILES string of the molecule is CCCCCCOCCCCCOS(=O)(=O)c1ccc(C)cc1. The lowest BCUT2D eigenvalue weighted by Gasteiger charge is -2.06. The first-order chi connectivity index (χ1) is 11.1. The van der Waals surface area contributed by atoms with Crippen LogP contribution in [-0.2, 0) is 19.0 Å². The first-order valence-electron chi connectivity index (χ1n) is 8.60. The van der Waals surface area contributed by atoms with Crippen molar-refractivity contribution >= 4 is 10.1 Å². The molecule has 0 saturated carbocycles. The number of hydrogen-bond donors (Lipinski definition) is 0. The predicted molar refractivity (Wildman–Crippen MR) is 93.1 cm³/mol. The van der Waals surface area contributed by atoms with E-state index in [0.717, 1.165) is 44.5 Å². The molecular weight excluding hydrogens is 312 g/mol. The van der Waals surface area contributed by atoms with E-state index in [1.54, 1.807) is 24.3 Å². The number of unbranched alkanes of at least 4 members (excludes halogenated alkanes) is 5. The van der Waals surface area contributed by atoms with Gasteiger partial charge in [-0.2, -0.15) is 8.42 Å². The molecule has 0 radical (unpaired) electrons. The molecule has 0 unspecified atom stereocenters. The first kappa shape index (κ1) is 20.1. The Kier molecular flexibility index (Phi) is 10.2. The lowest BCUT2D eigenvalue weighted by molar-refractivity contribution is 0.125. The van der Waals surface area contributed by atoms with E-state index in [9.17, 15) is 8.42 Å². The average Bonchev–Trinajstić information content (AvgIpc) is 2.53. The Labute approximate surface area is 141 Å². The summed E-state index contributed by atoms with van der Waals surface area (Å²) in [5.74, 6) is 0. The third-order valence-electron chi connectivity index (χ3n) is 3.62. The Bertz CT molecular complexity index is 508. The molecule has 0 spiro atoms. The second-order valence-electron chi connectivity index (χ2n) is 5.82. The molecule has 5 heteroatoms. The fourth-order valence-corrected chi connectivity index (χ4v) is 3.10. The molecule has 0 aliphatic carbocycles. The Hall–Kier alpha value is -0.910. The van der Waals surface area contributed by atoms with E-state index in [1.165, 1.54) is 19.3 Å². The van der Waals surface area contributed by atoms with E-state index in [1.807, 2.05) is 6.92 Å². The van der Waals surface area contributed by atoms with Gasteiger partial charge in [0.15, 0.2) is 0 Å². The van der Waals surface area contributed by atoms with Gasteiger partial charge in [0, 0.05) is 13.2 Å². The summed E-state index contributed by atoms with van der Waals surface area (Å²) in [7, 11) is -3.62. The van der Waals surface area contributed by atoms with E-state index < -0.39 is 10.1 Å². The van der Waals surface area contributed by atoms with E-state index in [0.29, 0.717) is 0 Å². The summed E-state index contributed by atoms with van der Waals surface area (Å²) >= 11 is 0. The van der Waals surface area contributed by atoms with Crippen LogP contribution in [0.4, 0.5) is 0 Å². The maximum absolute atomic E-state index is 12.0. The number of hydrogen-bond acceptors (Lipinski definition) is 4. The van der Waals surface area contributed by atoms with Crippen LogP contribution in [0.3, 0.4) is 0 Å². The number of ether oxygens (including phenoxy) is 1. The highest BCUT2D eigenvalue weighted by molar-refractivity contribution is 7.86. The molecule has 0 aromatic heterocycles. The van der Waals surface area contributed by atoms with Crippen LogP contribution in [0.5, 0.6) is 0 Å². The smallest absolute Gasteiger partial charge is 0.296 e.